The maximum Gasteiger partial charge on any atom is 0.339 e. The summed E-state index contributed by atoms with van der Waals surface area (Å²) in [4.78, 5) is 30.6. The van der Waals surface area contributed by atoms with Crippen molar-refractivity contribution in [2.75, 3.05) is 23.8 Å². The Morgan fingerprint density at radius 1 is 1.15 bits per heavy atom. The molecular formula is C26H28N4O4. The van der Waals surface area contributed by atoms with Crippen molar-refractivity contribution < 1.29 is 19.8 Å². The molecule has 0 fully saturated rings. The first-order chi connectivity index (χ1) is 16.3. The van der Waals surface area contributed by atoms with Gasteiger partial charge in [0.1, 0.15) is 11.4 Å². The molecule has 1 aliphatic rings. The van der Waals surface area contributed by atoms with Crippen LogP contribution in [0.4, 0.5) is 17.2 Å². The van der Waals surface area contributed by atoms with Gasteiger partial charge in [-0.15, -0.1) is 0 Å². The number of hydrogen-bond donors (Lipinski definition) is 4. The van der Waals surface area contributed by atoms with Crippen LogP contribution in [0.2, 0.25) is 0 Å². The Morgan fingerprint density at radius 2 is 1.88 bits per heavy atom. The van der Waals surface area contributed by atoms with Crippen molar-refractivity contribution in [3.63, 3.8) is 0 Å². The number of carbonyl (C=O) groups excluding carboxylic acids is 1. The van der Waals surface area contributed by atoms with Gasteiger partial charge in [-0.25, -0.2) is 9.78 Å². The quantitative estimate of drug-likeness (QED) is 0.394. The number of fused-ring (bicyclic) bond motifs is 1. The van der Waals surface area contributed by atoms with Crippen LogP contribution < -0.4 is 10.6 Å². The summed E-state index contributed by atoms with van der Waals surface area (Å²) in [7, 11) is 0. The molecule has 0 spiro atoms. The van der Waals surface area contributed by atoms with E-state index >= 15 is 0 Å². The first kappa shape index (κ1) is 23.3. The Morgan fingerprint density at radius 3 is 2.53 bits per heavy atom. The highest BCUT2D eigenvalue weighted by molar-refractivity contribution is 6.00. The highest BCUT2D eigenvalue weighted by Crippen LogP contribution is 2.40. The minimum Gasteiger partial charge on any atom is -0.478 e. The van der Waals surface area contributed by atoms with Crippen LogP contribution in [0.25, 0.3) is 0 Å². The lowest BCUT2D eigenvalue weighted by molar-refractivity contribution is 0.0633. The van der Waals surface area contributed by atoms with E-state index in [0.717, 1.165) is 16.8 Å². The van der Waals surface area contributed by atoms with E-state index in [4.69, 9.17) is 0 Å². The number of aliphatic hydroxyl groups excluding tert-OH is 1. The molecule has 0 saturated heterocycles. The fourth-order valence-electron chi connectivity index (χ4n) is 4.47. The minimum atomic E-state index is -1.12. The summed E-state index contributed by atoms with van der Waals surface area (Å²) in [5.74, 6) is -0.671. The smallest absolute Gasteiger partial charge is 0.339 e. The molecule has 2 aromatic carbocycles. The molecule has 4 N–H and O–H groups in total. The van der Waals surface area contributed by atoms with Gasteiger partial charge in [-0.3, -0.25) is 4.79 Å². The van der Waals surface area contributed by atoms with E-state index in [1.54, 1.807) is 12.1 Å². The summed E-state index contributed by atoms with van der Waals surface area (Å²) < 4.78 is 0. The van der Waals surface area contributed by atoms with Crippen LogP contribution in [-0.4, -0.2) is 45.1 Å². The van der Waals surface area contributed by atoms with Crippen LogP contribution in [0.15, 0.2) is 60.8 Å². The van der Waals surface area contributed by atoms with E-state index in [-0.39, 0.29) is 18.1 Å². The minimum absolute atomic E-state index is 0.000739. The van der Waals surface area contributed by atoms with Gasteiger partial charge in [-0.05, 0) is 50.1 Å². The Labute approximate surface area is 198 Å². The fourth-order valence-corrected chi connectivity index (χ4v) is 4.47. The predicted molar refractivity (Wildman–Crippen MR) is 131 cm³/mol. The molecule has 1 aromatic heterocycles. The molecule has 4 rings (SSSR count). The number of carboxylic acids is 1. The second-order valence-electron chi connectivity index (χ2n) is 8.70. The molecule has 1 atom stereocenters. The number of hydrogen-bond acceptors (Lipinski definition) is 6. The molecule has 0 unspecified atom stereocenters. The van der Waals surface area contributed by atoms with Crippen molar-refractivity contribution in [3.8, 4) is 0 Å². The Hall–Kier alpha value is -3.91. The van der Waals surface area contributed by atoms with Crippen molar-refractivity contribution in [3.05, 3.63) is 83.0 Å². The molecule has 8 nitrogen and oxygen atoms in total. The van der Waals surface area contributed by atoms with E-state index in [1.165, 1.54) is 6.20 Å². The molecule has 1 amide bonds. The average molecular weight is 461 g/mol. The van der Waals surface area contributed by atoms with Gasteiger partial charge in [0.25, 0.3) is 5.91 Å². The molecule has 3 aromatic rings. The third-order valence-electron chi connectivity index (χ3n) is 6.27. The number of nitrogens with zero attached hydrogens (tertiary/aromatic N) is 2. The van der Waals surface area contributed by atoms with Crippen LogP contribution in [0.5, 0.6) is 0 Å². The summed E-state index contributed by atoms with van der Waals surface area (Å²) in [6.07, 6.45) is 1.28. The fraction of sp³-hybridized carbons (Fsp3) is 0.269. The number of aromatic nitrogens is 1. The number of carboxylic acid groups (broad SMARTS) is 1. The number of anilines is 3. The average Bonchev–Trinajstić information content (AvgIpc) is 3.02. The zero-order valence-electron chi connectivity index (χ0n) is 19.4. The zero-order valence-corrected chi connectivity index (χ0v) is 19.4. The van der Waals surface area contributed by atoms with Crippen molar-refractivity contribution in [2.45, 2.75) is 32.4 Å². The molecule has 0 aliphatic carbocycles. The van der Waals surface area contributed by atoms with Crippen LogP contribution in [0.1, 0.15) is 58.7 Å². The number of aliphatic hydroxyl groups is 1. The summed E-state index contributed by atoms with van der Waals surface area (Å²) in [6.45, 7) is 6.40. The second kappa shape index (κ2) is 9.15. The molecule has 8 heteroatoms. The molecule has 176 valence electrons. The molecule has 2 heterocycles. The van der Waals surface area contributed by atoms with Crippen molar-refractivity contribution in [1.82, 2.24) is 9.88 Å². The first-order valence-electron chi connectivity index (χ1n) is 11.2. The van der Waals surface area contributed by atoms with Crippen LogP contribution in [0.3, 0.4) is 0 Å². The molecule has 0 radical (unpaired) electrons. The van der Waals surface area contributed by atoms with Gasteiger partial charge in [-0.2, -0.15) is 0 Å². The van der Waals surface area contributed by atoms with Crippen molar-refractivity contribution in [2.24, 2.45) is 0 Å². The van der Waals surface area contributed by atoms with Crippen molar-refractivity contribution in [1.29, 1.82) is 0 Å². The van der Waals surface area contributed by atoms with Gasteiger partial charge in [-0.1, -0.05) is 30.3 Å². The molecular weight excluding hydrogens is 432 g/mol. The summed E-state index contributed by atoms with van der Waals surface area (Å²) in [5.41, 5.74) is 3.08. The normalized spacial score (nSPS) is 15.1. The topological polar surface area (TPSA) is 115 Å². The number of benzene rings is 2. The Balaban J connectivity index is 1.64. The zero-order chi connectivity index (χ0) is 24.5. The van der Waals surface area contributed by atoms with E-state index < -0.39 is 17.6 Å². The number of pyridine rings is 1. The first-order valence-corrected chi connectivity index (χ1v) is 11.2. The van der Waals surface area contributed by atoms with Crippen LogP contribution >= 0.6 is 0 Å². The number of carbonyl (C=O) groups is 2. The number of rotatable bonds is 8. The van der Waals surface area contributed by atoms with Gasteiger partial charge in [0, 0.05) is 30.1 Å². The highest BCUT2D eigenvalue weighted by Gasteiger charge is 2.41. The lowest BCUT2D eigenvalue weighted by Crippen LogP contribution is -2.38. The standard InChI is InChI=1S/C26H28N4O4/c1-4-30-24(32)18-11-10-17(12-20(18)26(30,2)3)28-23-13-21(19(14-27-23)25(33)34)29-22(15-31)16-8-6-5-7-9-16/h5-14,22,31H,4,15H2,1-3H3,(H,33,34)(H2,27,28,29)/t22-/m1/s1. The van der Waals surface area contributed by atoms with Gasteiger partial charge in [0.15, 0.2) is 0 Å². The number of amides is 1. The lowest BCUT2D eigenvalue weighted by atomic mass is 9.93. The molecule has 34 heavy (non-hydrogen) atoms. The second-order valence-corrected chi connectivity index (χ2v) is 8.70. The van der Waals surface area contributed by atoms with Gasteiger partial charge in [0.2, 0.25) is 0 Å². The Bertz CT molecular complexity index is 1230. The molecule has 0 bridgehead atoms. The Kier molecular flexibility index (Phi) is 6.26. The molecule has 1 aliphatic heterocycles. The summed E-state index contributed by atoms with van der Waals surface area (Å²) in [6, 6.07) is 16.0. The highest BCUT2D eigenvalue weighted by atomic mass is 16.4. The maximum absolute atomic E-state index is 12.7. The number of aromatic carboxylic acids is 1. The molecule has 0 saturated carbocycles. The van der Waals surface area contributed by atoms with Gasteiger partial charge in [0.05, 0.1) is 23.9 Å². The van der Waals surface area contributed by atoms with Crippen molar-refractivity contribution >= 4 is 29.1 Å². The van der Waals surface area contributed by atoms with Gasteiger partial charge < -0.3 is 25.7 Å². The van der Waals surface area contributed by atoms with E-state index in [9.17, 15) is 19.8 Å². The lowest BCUT2D eigenvalue weighted by Gasteiger charge is -2.31. The third-order valence-corrected chi connectivity index (χ3v) is 6.27. The van der Waals surface area contributed by atoms with E-state index in [0.29, 0.717) is 23.6 Å². The maximum atomic E-state index is 12.7. The van der Waals surface area contributed by atoms with Crippen LogP contribution in [-0.2, 0) is 5.54 Å². The van der Waals surface area contributed by atoms with E-state index in [1.807, 2.05) is 68.1 Å². The monoisotopic (exact) mass is 460 g/mol. The third kappa shape index (κ3) is 4.20. The largest absolute Gasteiger partial charge is 0.478 e. The SMILES string of the molecule is CCN1C(=O)c2ccc(Nc3cc(N[C@H](CO)c4ccccc4)c(C(=O)O)cn3)cc2C1(C)C. The summed E-state index contributed by atoms with van der Waals surface area (Å²) >= 11 is 0. The number of nitrogens with one attached hydrogen (secondary N) is 2. The van der Waals surface area contributed by atoms with Crippen LogP contribution in [0, 0.1) is 0 Å². The van der Waals surface area contributed by atoms with Gasteiger partial charge >= 0.3 is 5.97 Å². The van der Waals surface area contributed by atoms with E-state index in [2.05, 4.69) is 15.6 Å². The summed E-state index contributed by atoms with van der Waals surface area (Å²) in [5, 5.41) is 25.9. The predicted octanol–water partition coefficient (Wildman–Crippen LogP) is 4.38.